The minimum atomic E-state index is -0.0570. The number of aryl methyl sites for hydroxylation is 2. The van der Waals surface area contributed by atoms with Crippen molar-refractivity contribution in [3.8, 4) is 22.5 Å². The minimum absolute atomic E-state index is 0.0570. The number of anilines is 1. The first-order chi connectivity index (χ1) is 17.8. The quantitative estimate of drug-likeness (QED) is 0.336. The molecule has 1 N–H and O–H groups in total. The van der Waals surface area contributed by atoms with Crippen LogP contribution in [0.4, 0.5) is 5.82 Å². The summed E-state index contributed by atoms with van der Waals surface area (Å²) in [6, 6.07) is 7.83. The summed E-state index contributed by atoms with van der Waals surface area (Å²) in [6.07, 6.45) is 6.78. The van der Waals surface area contributed by atoms with Crippen LogP contribution in [0.25, 0.3) is 33.4 Å². The van der Waals surface area contributed by atoms with Crippen molar-refractivity contribution in [3.05, 3.63) is 71.1 Å². The van der Waals surface area contributed by atoms with Crippen molar-refractivity contribution in [2.24, 2.45) is 0 Å². The van der Waals surface area contributed by atoms with E-state index in [4.69, 9.17) is 26.1 Å². The van der Waals surface area contributed by atoms with Crippen LogP contribution < -0.4 is 5.32 Å². The molecular weight excluding hydrogens is 492 g/mol. The molecule has 4 aromatic heterocycles. The van der Waals surface area contributed by atoms with Gasteiger partial charge in [0.2, 0.25) is 5.91 Å². The Balaban J connectivity index is 1.56. The second-order valence-corrected chi connectivity index (χ2v) is 9.34. The van der Waals surface area contributed by atoms with Crippen molar-refractivity contribution in [3.63, 3.8) is 0 Å². The molecule has 0 bridgehead atoms. The maximum atomic E-state index is 12.1. The van der Waals surface area contributed by atoms with E-state index in [1.165, 1.54) is 4.90 Å². The maximum Gasteiger partial charge on any atom is 0.243 e. The van der Waals surface area contributed by atoms with Crippen molar-refractivity contribution < 1.29 is 9.32 Å². The molecule has 37 heavy (non-hydrogen) atoms. The van der Waals surface area contributed by atoms with Crippen LogP contribution in [0.2, 0.25) is 5.02 Å². The number of hydrogen-bond donors (Lipinski definition) is 1. The predicted octanol–water partition coefficient (Wildman–Crippen LogP) is 4.51. The second kappa shape index (κ2) is 9.98. The molecule has 11 heteroatoms. The molecule has 4 heterocycles. The molecule has 0 radical (unpaired) electrons. The molecule has 0 aliphatic carbocycles. The second-order valence-electron chi connectivity index (χ2n) is 8.91. The van der Waals surface area contributed by atoms with Gasteiger partial charge in [0.25, 0.3) is 0 Å². The van der Waals surface area contributed by atoms with Gasteiger partial charge in [0.15, 0.2) is 5.82 Å². The first kappa shape index (κ1) is 24.4. The number of nitrogens with one attached hydrogen (secondary N) is 1. The van der Waals surface area contributed by atoms with E-state index in [0.717, 1.165) is 39.0 Å². The van der Waals surface area contributed by atoms with Gasteiger partial charge in [-0.15, -0.1) is 0 Å². The van der Waals surface area contributed by atoms with Crippen molar-refractivity contribution >= 4 is 34.2 Å². The zero-order valence-corrected chi connectivity index (χ0v) is 21.6. The van der Waals surface area contributed by atoms with E-state index in [2.05, 4.69) is 20.6 Å². The zero-order chi connectivity index (χ0) is 26.1. The van der Waals surface area contributed by atoms with E-state index in [0.29, 0.717) is 28.8 Å². The SMILES string of the molecule is Cc1noc(C)c1-c1ccc2nc(-c3cnn(CC(=O)N(C)C)c3)nc(NCc3cncc(Cl)c3)c2c1. The lowest BCUT2D eigenvalue weighted by atomic mass is 10.0. The molecule has 0 atom stereocenters. The van der Waals surface area contributed by atoms with Gasteiger partial charge in [0.05, 0.1) is 28.0 Å². The van der Waals surface area contributed by atoms with Crippen LogP contribution in [0.15, 0.2) is 53.6 Å². The summed E-state index contributed by atoms with van der Waals surface area (Å²) < 4.78 is 6.96. The summed E-state index contributed by atoms with van der Waals surface area (Å²) in [5, 5.41) is 13.2. The largest absolute Gasteiger partial charge is 0.365 e. The Labute approximate surface area is 218 Å². The van der Waals surface area contributed by atoms with E-state index in [1.54, 1.807) is 43.6 Å². The molecule has 0 aliphatic heterocycles. The highest BCUT2D eigenvalue weighted by molar-refractivity contribution is 6.30. The Morgan fingerprint density at radius 1 is 1.11 bits per heavy atom. The Morgan fingerprint density at radius 2 is 1.95 bits per heavy atom. The first-order valence-corrected chi connectivity index (χ1v) is 12.0. The van der Waals surface area contributed by atoms with Crippen molar-refractivity contribution in [1.82, 2.24) is 34.8 Å². The van der Waals surface area contributed by atoms with Crippen molar-refractivity contribution in [2.45, 2.75) is 26.9 Å². The van der Waals surface area contributed by atoms with Gasteiger partial charge in [0, 0.05) is 50.2 Å². The Kier molecular flexibility index (Phi) is 6.58. The van der Waals surface area contributed by atoms with Gasteiger partial charge in [-0.2, -0.15) is 5.10 Å². The van der Waals surface area contributed by atoms with Gasteiger partial charge >= 0.3 is 0 Å². The molecule has 0 saturated heterocycles. The number of hydrogen-bond acceptors (Lipinski definition) is 8. The van der Waals surface area contributed by atoms with E-state index in [1.807, 2.05) is 38.1 Å². The topological polar surface area (TPSA) is 115 Å². The van der Waals surface area contributed by atoms with E-state index in [-0.39, 0.29) is 12.5 Å². The lowest BCUT2D eigenvalue weighted by Gasteiger charge is -2.12. The van der Waals surface area contributed by atoms with E-state index < -0.39 is 0 Å². The average molecular weight is 517 g/mol. The molecule has 5 rings (SSSR count). The number of amides is 1. The number of rotatable bonds is 7. The third-order valence-corrected chi connectivity index (χ3v) is 6.13. The highest BCUT2D eigenvalue weighted by Crippen LogP contribution is 2.32. The van der Waals surface area contributed by atoms with Crippen molar-refractivity contribution in [1.29, 1.82) is 0 Å². The standard InChI is InChI=1S/C26H25ClN8O2/c1-15-24(16(2)37-33-15)18-5-6-22-21(8-18)26(29-10-17-7-20(27)12-28-9-17)32-25(31-22)19-11-30-35(13-19)14-23(36)34(3)4/h5-9,11-13H,10,14H2,1-4H3,(H,29,31,32). The highest BCUT2D eigenvalue weighted by atomic mass is 35.5. The molecule has 1 aromatic carbocycles. The molecule has 5 aromatic rings. The molecule has 0 aliphatic rings. The molecule has 1 amide bonds. The van der Waals surface area contributed by atoms with Gasteiger partial charge < -0.3 is 14.7 Å². The molecule has 0 fully saturated rings. The van der Waals surface area contributed by atoms with Crippen LogP contribution in [0.3, 0.4) is 0 Å². The number of likely N-dealkylation sites (N-methyl/N-ethyl adjacent to an activating group) is 1. The van der Waals surface area contributed by atoms with Crippen LogP contribution in [0.1, 0.15) is 17.0 Å². The third-order valence-electron chi connectivity index (χ3n) is 5.93. The lowest BCUT2D eigenvalue weighted by Crippen LogP contribution is -2.26. The molecular formula is C26H25ClN8O2. The molecule has 10 nitrogen and oxygen atoms in total. The van der Waals surface area contributed by atoms with Crippen LogP contribution >= 0.6 is 11.6 Å². The van der Waals surface area contributed by atoms with Gasteiger partial charge in [-0.3, -0.25) is 14.5 Å². The molecule has 188 valence electrons. The van der Waals surface area contributed by atoms with Crippen LogP contribution in [0, 0.1) is 13.8 Å². The molecule has 0 spiro atoms. The first-order valence-electron chi connectivity index (χ1n) is 11.6. The number of fused-ring (bicyclic) bond motifs is 1. The minimum Gasteiger partial charge on any atom is -0.365 e. The Hall–Kier alpha value is -4.31. The Bertz CT molecular complexity index is 1590. The summed E-state index contributed by atoms with van der Waals surface area (Å²) >= 11 is 6.13. The fourth-order valence-electron chi connectivity index (χ4n) is 4.03. The van der Waals surface area contributed by atoms with Crippen LogP contribution in [-0.4, -0.2) is 54.8 Å². The van der Waals surface area contributed by atoms with Crippen LogP contribution in [0.5, 0.6) is 0 Å². The number of benzene rings is 1. The van der Waals surface area contributed by atoms with E-state index in [9.17, 15) is 4.79 Å². The fraction of sp³-hybridized carbons (Fsp3) is 0.231. The number of aromatic nitrogens is 6. The number of nitrogens with zero attached hydrogens (tertiary/aromatic N) is 7. The lowest BCUT2D eigenvalue weighted by molar-refractivity contribution is -0.129. The van der Waals surface area contributed by atoms with Crippen molar-refractivity contribution in [2.75, 3.05) is 19.4 Å². The zero-order valence-electron chi connectivity index (χ0n) is 20.9. The summed E-state index contributed by atoms with van der Waals surface area (Å²) in [7, 11) is 3.42. The maximum absolute atomic E-state index is 12.1. The van der Waals surface area contributed by atoms with E-state index >= 15 is 0 Å². The third kappa shape index (κ3) is 5.14. The van der Waals surface area contributed by atoms with Gasteiger partial charge in [-0.1, -0.05) is 22.8 Å². The summed E-state index contributed by atoms with van der Waals surface area (Å²) in [5.41, 5.74) is 5.09. The number of halogens is 1. The fourth-order valence-corrected chi connectivity index (χ4v) is 4.22. The smallest absolute Gasteiger partial charge is 0.243 e. The summed E-state index contributed by atoms with van der Waals surface area (Å²) in [6.45, 7) is 4.41. The number of carbonyl (C=O) groups is 1. The number of carbonyl (C=O) groups excluding carboxylic acids is 1. The van der Waals surface area contributed by atoms with Gasteiger partial charge in [-0.05, 0) is 43.2 Å². The molecule has 0 unspecified atom stereocenters. The summed E-state index contributed by atoms with van der Waals surface area (Å²) in [5.74, 6) is 1.82. The van der Waals surface area contributed by atoms with Gasteiger partial charge in [-0.25, -0.2) is 9.97 Å². The normalized spacial score (nSPS) is 11.2. The number of pyridine rings is 1. The highest BCUT2D eigenvalue weighted by Gasteiger charge is 2.16. The monoisotopic (exact) mass is 516 g/mol. The predicted molar refractivity (Wildman–Crippen MR) is 141 cm³/mol. The summed E-state index contributed by atoms with van der Waals surface area (Å²) in [4.78, 5) is 27.4. The molecule has 0 saturated carbocycles. The Morgan fingerprint density at radius 3 is 2.68 bits per heavy atom. The average Bonchev–Trinajstić information content (AvgIpc) is 3.48. The van der Waals surface area contributed by atoms with Gasteiger partial charge in [0.1, 0.15) is 18.1 Å². The van der Waals surface area contributed by atoms with Crippen LogP contribution in [-0.2, 0) is 17.9 Å².